The minimum Gasteiger partial charge on any atom is -0.494 e. The molecule has 0 unspecified atom stereocenters. The molecular formula is C33H43F3N4O4. The van der Waals surface area contributed by atoms with Crippen LogP contribution >= 0.6 is 0 Å². The van der Waals surface area contributed by atoms with E-state index in [1.807, 2.05) is 31.0 Å². The van der Waals surface area contributed by atoms with Crippen LogP contribution in [0, 0.1) is 12.3 Å². The van der Waals surface area contributed by atoms with Crippen LogP contribution in [-0.4, -0.2) is 89.9 Å². The molecule has 0 aliphatic carbocycles. The molecule has 8 nitrogen and oxygen atoms in total. The minimum atomic E-state index is -5.08. The lowest BCUT2D eigenvalue weighted by Crippen LogP contribution is -2.48. The number of aliphatic carboxylic acids is 1. The van der Waals surface area contributed by atoms with E-state index in [0.29, 0.717) is 5.41 Å². The summed E-state index contributed by atoms with van der Waals surface area (Å²) in [6.45, 7) is 14.2. The molecule has 2 saturated heterocycles. The zero-order chi connectivity index (χ0) is 32.1. The van der Waals surface area contributed by atoms with E-state index in [0.717, 1.165) is 73.7 Å². The highest BCUT2D eigenvalue weighted by Gasteiger charge is 2.38. The molecule has 3 heterocycles. The third kappa shape index (κ3) is 8.25. The number of benzene rings is 2. The first-order valence-corrected chi connectivity index (χ1v) is 15.1. The van der Waals surface area contributed by atoms with Crippen molar-refractivity contribution < 1.29 is 32.6 Å². The number of piperidine rings is 1. The Kier molecular flexibility index (Phi) is 10.5. The Hall–Kier alpha value is -3.73. The van der Waals surface area contributed by atoms with Gasteiger partial charge in [-0.2, -0.15) is 13.2 Å². The molecule has 0 spiro atoms. The van der Waals surface area contributed by atoms with Gasteiger partial charge < -0.3 is 29.1 Å². The summed E-state index contributed by atoms with van der Waals surface area (Å²) in [7, 11) is 2.04. The molecule has 0 atom stereocenters. The van der Waals surface area contributed by atoms with Crippen molar-refractivity contribution in [3.8, 4) is 5.75 Å². The summed E-state index contributed by atoms with van der Waals surface area (Å²) in [4.78, 5) is 29.3. The normalized spacial score (nSPS) is 17.2. The zero-order valence-corrected chi connectivity index (χ0v) is 26.0. The number of piperazine rings is 1. The fourth-order valence-corrected chi connectivity index (χ4v) is 6.08. The topological polar surface area (TPSA) is 78.2 Å². The lowest BCUT2D eigenvalue weighted by Gasteiger charge is -2.38. The highest BCUT2D eigenvalue weighted by molar-refractivity contribution is 6.08. The molecule has 1 amide bonds. The number of halogens is 3. The number of hydrogen-bond acceptors (Lipinski definition) is 5. The van der Waals surface area contributed by atoms with Crippen molar-refractivity contribution >= 4 is 28.5 Å². The predicted molar refractivity (Wildman–Crippen MR) is 165 cm³/mol. The van der Waals surface area contributed by atoms with E-state index in [1.54, 1.807) is 0 Å². The highest BCUT2D eigenvalue weighted by Crippen LogP contribution is 2.29. The number of carboxylic acids is 1. The lowest BCUT2D eigenvalue weighted by atomic mass is 9.84. The van der Waals surface area contributed by atoms with Gasteiger partial charge in [0.15, 0.2) is 0 Å². The molecule has 1 N–H and O–H groups in total. The fourth-order valence-electron chi connectivity index (χ4n) is 6.08. The first-order valence-electron chi connectivity index (χ1n) is 15.1. The number of aryl methyl sites for hydroxylation is 1. The number of amides is 1. The number of ether oxygens (including phenoxy) is 1. The van der Waals surface area contributed by atoms with E-state index in [2.05, 4.69) is 64.6 Å². The Labute approximate surface area is 257 Å². The molecule has 0 bridgehead atoms. The smallest absolute Gasteiger partial charge is 0.490 e. The lowest BCUT2D eigenvalue weighted by molar-refractivity contribution is -0.192. The standard InChI is InChI=1S/C31H42N4O2.C2HF3O2/c1-24-29(27-9-5-6-10-28(27)32(24)4)30(36)35-20-18-34(19-21-35)25-11-13-26(14-12-25)37-22-8-17-33-16-7-15-31(2,3)23-33;3-2(4,5)1(6)7/h5-6,9-14H,7-8,15-23H2,1-4H3;(H,6,7). The highest BCUT2D eigenvalue weighted by atomic mass is 19.4. The van der Waals surface area contributed by atoms with Gasteiger partial charge in [0.1, 0.15) is 5.75 Å². The number of aromatic nitrogens is 1. The van der Waals surface area contributed by atoms with Gasteiger partial charge in [0.05, 0.1) is 12.2 Å². The number of fused-ring (bicyclic) bond motifs is 1. The van der Waals surface area contributed by atoms with Crippen molar-refractivity contribution in [3.05, 3.63) is 59.8 Å². The Bertz CT molecular complexity index is 1430. The summed E-state index contributed by atoms with van der Waals surface area (Å²) in [5, 5.41) is 8.17. The molecule has 240 valence electrons. The first kappa shape index (κ1) is 33.2. The summed E-state index contributed by atoms with van der Waals surface area (Å²) in [5.74, 6) is -1.68. The molecule has 44 heavy (non-hydrogen) atoms. The largest absolute Gasteiger partial charge is 0.494 e. The van der Waals surface area contributed by atoms with E-state index in [1.165, 1.54) is 31.6 Å². The zero-order valence-electron chi connectivity index (χ0n) is 26.0. The van der Waals surface area contributed by atoms with Crippen LogP contribution in [0.5, 0.6) is 5.75 Å². The minimum absolute atomic E-state index is 0.144. The number of carbonyl (C=O) groups is 2. The molecule has 2 fully saturated rings. The Morgan fingerprint density at radius 3 is 2.23 bits per heavy atom. The number of alkyl halides is 3. The number of nitrogens with zero attached hydrogens (tertiary/aromatic N) is 4. The van der Waals surface area contributed by atoms with E-state index in [-0.39, 0.29) is 5.91 Å². The SMILES string of the molecule is Cc1c(C(=O)N2CCN(c3ccc(OCCCN4CCCC(C)(C)C4)cc3)CC2)c2ccccc2n1C.O=C(O)C(F)(F)F. The molecule has 1 aromatic heterocycles. The van der Waals surface area contributed by atoms with Crippen molar-refractivity contribution in [1.82, 2.24) is 14.4 Å². The number of hydrogen-bond donors (Lipinski definition) is 1. The summed E-state index contributed by atoms with van der Waals surface area (Å²) >= 11 is 0. The third-order valence-corrected chi connectivity index (χ3v) is 8.49. The molecule has 5 rings (SSSR count). The fraction of sp³-hybridized carbons (Fsp3) is 0.515. The van der Waals surface area contributed by atoms with Crippen molar-refractivity contribution in [2.45, 2.75) is 46.2 Å². The van der Waals surface area contributed by atoms with Gasteiger partial charge in [0, 0.05) is 68.6 Å². The maximum absolute atomic E-state index is 13.5. The summed E-state index contributed by atoms with van der Waals surface area (Å²) < 4.78 is 39.9. The van der Waals surface area contributed by atoms with E-state index >= 15 is 0 Å². The predicted octanol–water partition coefficient (Wildman–Crippen LogP) is 5.97. The van der Waals surface area contributed by atoms with Crippen LogP contribution in [0.4, 0.5) is 18.9 Å². The molecule has 0 saturated carbocycles. The molecule has 0 radical (unpaired) electrons. The third-order valence-electron chi connectivity index (χ3n) is 8.49. The van der Waals surface area contributed by atoms with Gasteiger partial charge in [-0.1, -0.05) is 32.0 Å². The molecule has 2 aliphatic rings. The Morgan fingerprint density at radius 2 is 1.61 bits per heavy atom. The molecule has 3 aromatic rings. The van der Waals surface area contributed by atoms with E-state index in [9.17, 15) is 18.0 Å². The van der Waals surface area contributed by atoms with Crippen LogP contribution in [0.2, 0.25) is 0 Å². The van der Waals surface area contributed by atoms with Crippen LogP contribution in [0.15, 0.2) is 48.5 Å². The number of carbonyl (C=O) groups excluding carboxylic acids is 1. The monoisotopic (exact) mass is 616 g/mol. The molecule has 2 aromatic carbocycles. The number of likely N-dealkylation sites (tertiary alicyclic amines) is 1. The average molecular weight is 617 g/mol. The van der Waals surface area contributed by atoms with Gasteiger partial charge in [0.2, 0.25) is 0 Å². The van der Waals surface area contributed by atoms with Gasteiger partial charge in [-0.05, 0) is 68.5 Å². The second-order valence-electron chi connectivity index (χ2n) is 12.4. The summed E-state index contributed by atoms with van der Waals surface area (Å²) in [6, 6.07) is 16.6. The first-order chi connectivity index (χ1) is 20.8. The van der Waals surface area contributed by atoms with E-state index in [4.69, 9.17) is 14.6 Å². The van der Waals surface area contributed by atoms with Crippen LogP contribution in [0.3, 0.4) is 0 Å². The maximum Gasteiger partial charge on any atom is 0.490 e. The average Bonchev–Trinajstić information content (AvgIpc) is 3.24. The number of rotatable bonds is 7. The van der Waals surface area contributed by atoms with Crippen LogP contribution in [0.25, 0.3) is 10.9 Å². The molecule has 11 heteroatoms. The summed E-state index contributed by atoms with van der Waals surface area (Å²) in [6.07, 6.45) is -1.38. The Balaban J connectivity index is 0.000000566. The van der Waals surface area contributed by atoms with Gasteiger partial charge >= 0.3 is 12.1 Å². The van der Waals surface area contributed by atoms with Crippen molar-refractivity contribution in [2.24, 2.45) is 12.5 Å². The van der Waals surface area contributed by atoms with Crippen molar-refractivity contribution in [2.75, 3.05) is 57.3 Å². The molecule has 2 aliphatic heterocycles. The van der Waals surface area contributed by atoms with Crippen LogP contribution < -0.4 is 9.64 Å². The van der Waals surface area contributed by atoms with Gasteiger partial charge in [-0.25, -0.2) is 4.79 Å². The molecular weight excluding hydrogens is 573 g/mol. The second-order valence-corrected chi connectivity index (χ2v) is 12.4. The second kappa shape index (κ2) is 13.9. The van der Waals surface area contributed by atoms with Crippen LogP contribution in [0.1, 0.15) is 49.2 Å². The van der Waals surface area contributed by atoms with Gasteiger partial charge in [-0.15, -0.1) is 0 Å². The van der Waals surface area contributed by atoms with Gasteiger partial charge in [-0.3, -0.25) is 4.79 Å². The van der Waals surface area contributed by atoms with Crippen molar-refractivity contribution in [1.29, 1.82) is 0 Å². The maximum atomic E-state index is 13.5. The van der Waals surface area contributed by atoms with Gasteiger partial charge in [0.25, 0.3) is 5.91 Å². The van der Waals surface area contributed by atoms with Crippen LogP contribution in [-0.2, 0) is 11.8 Å². The number of anilines is 1. The quantitative estimate of drug-likeness (QED) is 0.330. The van der Waals surface area contributed by atoms with E-state index < -0.39 is 12.1 Å². The number of para-hydroxylation sites is 1. The Morgan fingerprint density at radius 1 is 0.977 bits per heavy atom. The number of carboxylic acid groups (broad SMARTS) is 1. The van der Waals surface area contributed by atoms with Crippen molar-refractivity contribution in [3.63, 3.8) is 0 Å². The summed E-state index contributed by atoms with van der Waals surface area (Å²) in [5.41, 5.74) is 4.62.